The summed E-state index contributed by atoms with van der Waals surface area (Å²) in [7, 11) is 3.74. The van der Waals surface area contributed by atoms with Crippen LogP contribution in [-0.4, -0.2) is 56.0 Å². The first kappa shape index (κ1) is 16.7. The van der Waals surface area contributed by atoms with Gasteiger partial charge in [0.2, 0.25) is 5.91 Å². The van der Waals surface area contributed by atoms with Crippen molar-refractivity contribution in [2.24, 2.45) is 11.7 Å². The molecule has 2 aromatic rings. The molecule has 128 valence electrons. The third kappa shape index (κ3) is 3.52. The van der Waals surface area contributed by atoms with Gasteiger partial charge in [-0.25, -0.2) is 0 Å². The van der Waals surface area contributed by atoms with Crippen molar-refractivity contribution in [1.29, 1.82) is 0 Å². The number of hydrogen-bond donors (Lipinski definition) is 1. The summed E-state index contributed by atoms with van der Waals surface area (Å²) in [5.41, 5.74) is 6.75. The molecule has 2 N–H and O–H groups in total. The van der Waals surface area contributed by atoms with Gasteiger partial charge >= 0.3 is 0 Å². The fourth-order valence-corrected chi connectivity index (χ4v) is 3.46. The summed E-state index contributed by atoms with van der Waals surface area (Å²) in [4.78, 5) is 16.2. The lowest BCUT2D eigenvalue weighted by molar-refractivity contribution is -0.122. The molecule has 1 amide bonds. The number of hydrogen-bond acceptors (Lipinski definition) is 4. The number of primary amides is 1. The van der Waals surface area contributed by atoms with Crippen LogP contribution in [-0.2, 0) is 11.3 Å². The summed E-state index contributed by atoms with van der Waals surface area (Å²) < 4.78 is 5.59. The maximum absolute atomic E-state index is 11.7. The highest BCUT2D eigenvalue weighted by molar-refractivity contribution is 5.87. The maximum Gasteiger partial charge on any atom is 0.223 e. The van der Waals surface area contributed by atoms with Crippen molar-refractivity contribution in [3.63, 3.8) is 0 Å². The number of amides is 1. The molecule has 0 radical (unpaired) electrons. The average molecular weight is 327 g/mol. The van der Waals surface area contributed by atoms with Crippen LogP contribution in [0.1, 0.15) is 5.56 Å². The quantitative estimate of drug-likeness (QED) is 0.928. The van der Waals surface area contributed by atoms with Crippen molar-refractivity contribution in [2.75, 3.05) is 40.3 Å². The van der Waals surface area contributed by atoms with Crippen molar-refractivity contribution in [3.05, 3.63) is 42.0 Å². The summed E-state index contributed by atoms with van der Waals surface area (Å²) in [6.07, 6.45) is 0. The number of ether oxygens (including phenoxy) is 1. The lowest BCUT2D eigenvalue weighted by atomic mass is 10.0. The van der Waals surface area contributed by atoms with E-state index < -0.39 is 0 Å². The molecule has 1 saturated heterocycles. The zero-order chi connectivity index (χ0) is 17.1. The van der Waals surface area contributed by atoms with Gasteiger partial charge in [0.1, 0.15) is 5.75 Å². The highest BCUT2D eigenvalue weighted by Gasteiger charge is 2.25. The Hall–Kier alpha value is -2.11. The number of nitrogens with two attached hydrogens (primary N) is 1. The molecule has 1 aliphatic rings. The van der Waals surface area contributed by atoms with Crippen molar-refractivity contribution < 1.29 is 9.53 Å². The van der Waals surface area contributed by atoms with Gasteiger partial charge in [0.25, 0.3) is 0 Å². The third-order valence-corrected chi connectivity index (χ3v) is 4.81. The molecule has 0 aliphatic carbocycles. The van der Waals surface area contributed by atoms with E-state index >= 15 is 0 Å². The second-order valence-corrected chi connectivity index (χ2v) is 6.56. The van der Waals surface area contributed by atoms with E-state index in [0.29, 0.717) is 6.54 Å². The Labute approximate surface area is 143 Å². The maximum atomic E-state index is 11.7. The largest absolute Gasteiger partial charge is 0.496 e. The Bertz CT molecular complexity index is 732. The Kier molecular flexibility index (Phi) is 5.02. The minimum Gasteiger partial charge on any atom is -0.496 e. The summed E-state index contributed by atoms with van der Waals surface area (Å²) in [6, 6.07) is 12.4. The van der Waals surface area contributed by atoms with Gasteiger partial charge in [-0.1, -0.05) is 30.3 Å². The number of likely N-dealkylation sites (N-methyl/N-ethyl adjacent to an activating group) is 1. The van der Waals surface area contributed by atoms with E-state index in [2.05, 4.69) is 28.0 Å². The molecule has 0 spiro atoms. The van der Waals surface area contributed by atoms with E-state index in [0.717, 1.165) is 31.9 Å². The summed E-state index contributed by atoms with van der Waals surface area (Å²) in [5, 5.41) is 2.40. The minimum atomic E-state index is -0.223. The van der Waals surface area contributed by atoms with Crippen LogP contribution in [0.4, 0.5) is 0 Å². The second-order valence-electron chi connectivity index (χ2n) is 6.56. The summed E-state index contributed by atoms with van der Waals surface area (Å²) >= 11 is 0. The number of methoxy groups -OCH3 is 1. The molecule has 0 saturated carbocycles. The van der Waals surface area contributed by atoms with E-state index in [1.165, 1.54) is 16.3 Å². The molecule has 5 heteroatoms. The van der Waals surface area contributed by atoms with Crippen molar-refractivity contribution in [1.82, 2.24) is 9.80 Å². The molecule has 5 nitrogen and oxygen atoms in total. The van der Waals surface area contributed by atoms with Crippen LogP contribution >= 0.6 is 0 Å². The van der Waals surface area contributed by atoms with Crippen LogP contribution in [0.3, 0.4) is 0 Å². The zero-order valence-electron chi connectivity index (χ0n) is 14.4. The van der Waals surface area contributed by atoms with Gasteiger partial charge in [-0.2, -0.15) is 0 Å². The van der Waals surface area contributed by atoms with Gasteiger partial charge in [-0.15, -0.1) is 0 Å². The molecule has 1 heterocycles. The molecule has 24 heavy (non-hydrogen) atoms. The molecule has 0 unspecified atom stereocenters. The van der Waals surface area contributed by atoms with Crippen LogP contribution in [0.5, 0.6) is 5.75 Å². The standard InChI is InChI=1S/C19H25N3O2/c1-21-9-10-22(12-15(11-21)19(20)23)13-17-16-6-4-3-5-14(16)7-8-18(17)24-2/h3-8,15H,9-13H2,1-2H3,(H2,20,23)/t15-/m0/s1. The highest BCUT2D eigenvalue weighted by Crippen LogP contribution is 2.29. The second kappa shape index (κ2) is 7.20. The SMILES string of the molecule is COc1ccc2ccccc2c1CN1CCN(C)C[C@H](C(N)=O)C1. The third-order valence-electron chi connectivity index (χ3n) is 4.81. The zero-order valence-corrected chi connectivity index (χ0v) is 14.4. The van der Waals surface area contributed by atoms with Crippen molar-refractivity contribution >= 4 is 16.7 Å². The Morgan fingerprint density at radius 2 is 2.00 bits per heavy atom. The first-order chi connectivity index (χ1) is 11.6. The minimum absolute atomic E-state index is 0.140. The fraction of sp³-hybridized carbons (Fsp3) is 0.421. The average Bonchev–Trinajstić information content (AvgIpc) is 2.77. The Balaban J connectivity index is 1.92. The van der Waals surface area contributed by atoms with E-state index in [1.54, 1.807) is 7.11 Å². The molecule has 1 fully saturated rings. The van der Waals surface area contributed by atoms with Crippen molar-refractivity contribution in [2.45, 2.75) is 6.54 Å². The van der Waals surface area contributed by atoms with Crippen LogP contribution in [0, 0.1) is 5.92 Å². The smallest absolute Gasteiger partial charge is 0.223 e. The summed E-state index contributed by atoms with van der Waals surface area (Å²) in [5.74, 6) is 0.527. The van der Waals surface area contributed by atoms with Gasteiger partial charge in [-0.05, 0) is 23.9 Å². The number of rotatable bonds is 4. The Morgan fingerprint density at radius 1 is 1.21 bits per heavy atom. The molecular formula is C19H25N3O2. The predicted octanol–water partition coefficient (Wildman–Crippen LogP) is 1.70. The van der Waals surface area contributed by atoms with Gasteiger partial charge in [-0.3, -0.25) is 9.69 Å². The van der Waals surface area contributed by atoms with E-state index in [9.17, 15) is 4.79 Å². The molecular weight excluding hydrogens is 302 g/mol. The summed E-state index contributed by atoms with van der Waals surface area (Å²) in [6.45, 7) is 4.00. The molecule has 1 atom stereocenters. The van der Waals surface area contributed by atoms with Gasteiger partial charge in [0.05, 0.1) is 13.0 Å². The van der Waals surface area contributed by atoms with Crippen LogP contribution in [0.15, 0.2) is 36.4 Å². The highest BCUT2D eigenvalue weighted by atomic mass is 16.5. The first-order valence-electron chi connectivity index (χ1n) is 8.33. The lowest BCUT2D eigenvalue weighted by Crippen LogP contribution is -2.37. The first-order valence-corrected chi connectivity index (χ1v) is 8.33. The molecule has 0 aromatic heterocycles. The van der Waals surface area contributed by atoms with E-state index in [-0.39, 0.29) is 11.8 Å². The topological polar surface area (TPSA) is 58.8 Å². The van der Waals surface area contributed by atoms with Gasteiger partial charge in [0, 0.05) is 38.3 Å². The predicted molar refractivity (Wildman–Crippen MR) is 96.0 cm³/mol. The molecule has 0 bridgehead atoms. The molecule has 3 rings (SSSR count). The Morgan fingerprint density at radius 3 is 2.75 bits per heavy atom. The molecule has 1 aliphatic heterocycles. The van der Waals surface area contributed by atoms with Crippen LogP contribution in [0.25, 0.3) is 10.8 Å². The van der Waals surface area contributed by atoms with E-state index in [1.807, 2.05) is 25.2 Å². The fourth-order valence-electron chi connectivity index (χ4n) is 3.46. The van der Waals surface area contributed by atoms with Gasteiger partial charge in [0.15, 0.2) is 0 Å². The number of benzene rings is 2. The number of nitrogens with zero attached hydrogens (tertiary/aromatic N) is 2. The van der Waals surface area contributed by atoms with Crippen LogP contribution in [0.2, 0.25) is 0 Å². The number of fused-ring (bicyclic) bond motifs is 1. The number of carbonyl (C=O) groups excluding carboxylic acids is 1. The normalized spacial score (nSPS) is 20.0. The number of carbonyl (C=O) groups is 1. The van der Waals surface area contributed by atoms with E-state index in [4.69, 9.17) is 10.5 Å². The monoisotopic (exact) mass is 327 g/mol. The lowest BCUT2D eigenvalue weighted by Gasteiger charge is -2.24. The van der Waals surface area contributed by atoms with Gasteiger partial charge < -0.3 is 15.4 Å². The van der Waals surface area contributed by atoms with Crippen LogP contribution < -0.4 is 10.5 Å². The molecule has 2 aromatic carbocycles. The van der Waals surface area contributed by atoms with Crippen molar-refractivity contribution in [3.8, 4) is 5.75 Å².